The lowest BCUT2D eigenvalue weighted by atomic mass is 10.2. The van der Waals surface area contributed by atoms with Crippen LogP contribution in [-0.4, -0.2) is 25.6 Å². The van der Waals surface area contributed by atoms with E-state index in [1.54, 1.807) is 0 Å². The van der Waals surface area contributed by atoms with Gasteiger partial charge in [0.05, 0.1) is 22.8 Å². The molecule has 0 atom stereocenters. The van der Waals surface area contributed by atoms with Gasteiger partial charge in [-0.1, -0.05) is 36.4 Å². The molecule has 32 heavy (non-hydrogen) atoms. The van der Waals surface area contributed by atoms with Crippen molar-refractivity contribution >= 4 is 6.03 Å². The second-order valence-electron chi connectivity index (χ2n) is 7.83. The molecule has 0 saturated heterocycles. The Labute approximate surface area is 188 Å². The smallest absolute Gasteiger partial charge is 0.315 e. The molecular weight excluding hydrogens is 400 g/mol. The molecule has 0 aliphatic rings. The Morgan fingerprint density at radius 1 is 0.688 bits per heavy atom. The van der Waals surface area contributed by atoms with Crippen LogP contribution in [0.15, 0.2) is 60.7 Å². The van der Waals surface area contributed by atoms with Crippen molar-refractivity contribution in [1.82, 2.24) is 30.2 Å². The van der Waals surface area contributed by atoms with E-state index in [0.29, 0.717) is 13.1 Å². The number of carbonyl (C=O) groups excluding carboxylic acids is 1. The third-order valence-electron chi connectivity index (χ3n) is 5.74. The van der Waals surface area contributed by atoms with E-state index in [0.717, 1.165) is 45.3 Å². The van der Waals surface area contributed by atoms with Gasteiger partial charge in [-0.15, -0.1) is 0 Å². The van der Waals surface area contributed by atoms with E-state index < -0.39 is 0 Å². The number of hydrogen-bond acceptors (Lipinski definition) is 3. The number of nitrogens with zero attached hydrogens (tertiary/aromatic N) is 4. The molecule has 0 aliphatic heterocycles. The van der Waals surface area contributed by atoms with Crippen LogP contribution in [-0.2, 0) is 13.1 Å². The average molecular weight is 429 g/mol. The van der Waals surface area contributed by atoms with E-state index in [1.165, 1.54) is 0 Å². The molecular formula is C25H28N6O. The maximum absolute atomic E-state index is 12.5. The van der Waals surface area contributed by atoms with Crippen molar-refractivity contribution in [2.45, 2.75) is 40.8 Å². The van der Waals surface area contributed by atoms with Crippen LogP contribution in [0, 0.1) is 27.7 Å². The summed E-state index contributed by atoms with van der Waals surface area (Å²) in [5.41, 5.74) is 7.90. The number of amides is 2. The number of aryl methyl sites for hydroxylation is 2. The predicted molar refractivity (Wildman–Crippen MR) is 125 cm³/mol. The van der Waals surface area contributed by atoms with Gasteiger partial charge in [-0.05, 0) is 52.0 Å². The second-order valence-corrected chi connectivity index (χ2v) is 7.83. The van der Waals surface area contributed by atoms with Gasteiger partial charge < -0.3 is 10.6 Å². The van der Waals surface area contributed by atoms with E-state index >= 15 is 0 Å². The zero-order chi connectivity index (χ0) is 22.7. The summed E-state index contributed by atoms with van der Waals surface area (Å²) in [7, 11) is 0. The van der Waals surface area contributed by atoms with Crippen LogP contribution >= 0.6 is 0 Å². The molecule has 2 N–H and O–H groups in total. The number of rotatable bonds is 6. The van der Waals surface area contributed by atoms with Crippen LogP contribution in [0.2, 0.25) is 0 Å². The standard InChI is InChI=1S/C25H28N6O/c1-17-23(19(3)30(28-17)21-11-7-5-8-12-21)15-26-25(32)27-16-24-18(2)29-31(20(24)4)22-13-9-6-10-14-22/h5-14H,15-16H2,1-4H3,(H2,26,27,32). The van der Waals surface area contributed by atoms with Crippen LogP contribution in [0.1, 0.15) is 33.9 Å². The largest absolute Gasteiger partial charge is 0.334 e. The van der Waals surface area contributed by atoms with Gasteiger partial charge in [0.1, 0.15) is 0 Å². The Morgan fingerprint density at radius 2 is 1.06 bits per heavy atom. The van der Waals surface area contributed by atoms with Crippen molar-refractivity contribution in [3.63, 3.8) is 0 Å². The molecule has 2 aromatic heterocycles. The molecule has 0 saturated carbocycles. The summed E-state index contributed by atoms with van der Waals surface area (Å²) in [4.78, 5) is 12.5. The van der Waals surface area contributed by atoms with Gasteiger partial charge in [-0.2, -0.15) is 10.2 Å². The van der Waals surface area contributed by atoms with Crippen molar-refractivity contribution in [3.8, 4) is 11.4 Å². The van der Waals surface area contributed by atoms with Gasteiger partial charge in [0.15, 0.2) is 0 Å². The Bertz CT molecular complexity index is 1130. The topological polar surface area (TPSA) is 76.8 Å². The van der Waals surface area contributed by atoms with Crippen molar-refractivity contribution in [2.75, 3.05) is 0 Å². The molecule has 2 heterocycles. The number of urea groups is 1. The van der Waals surface area contributed by atoms with Gasteiger partial charge >= 0.3 is 6.03 Å². The van der Waals surface area contributed by atoms with Crippen molar-refractivity contribution in [3.05, 3.63) is 94.6 Å². The van der Waals surface area contributed by atoms with E-state index in [4.69, 9.17) is 0 Å². The average Bonchev–Trinajstić information content (AvgIpc) is 3.26. The zero-order valence-corrected chi connectivity index (χ0v) is 18.9. The fourth-order valence-electron chi connectivity index (χ4n) is 3.90. The highest BCUT2D eigenvalue weighted by atomic mass is 16.2. The summed E-state index contributed by atoms with van der Waals surface area (Å²) < 4.78 is 3.82. The van der Waals surface area contributed by atoms with Crippen molar-refractivity contribution in [2.24, 2.45) is 0 Å². The Morgan fingerprint density at radius 3 is 1.44 bits per heavy atom. The second kappa shape index (κ2) is 9.09. The van der Waals surface area contributed by atoms with Crippen molar-refractivity contribution < 1.29 is 4.79 Å². The Balaban J connectivity index is 1.40. The number of hydrogen-bond donors (Lipinski definition) is 2. The molecule has 0 fully saturated rings. The fourth-order valence-corrected chi connectivity index (χ4v) is 3.90. The first kappa shape index (κ1) is 21.4. The lowest BCUT2D eigenvalue weighted by Crippen LogP contribution is -2.35. The van der Waals surface area contributed by atoms with Crippen LogP contribution in [0.25, 0.3) is 11.4 Å². The van der Waals surface area contributed by atoms with E-state index in [2.05, 4.69) is 20.8 Å². The van der Waals surface area contributed by atoms with E-state index in [1.807, 2.05) is 97.7 Å². The zero-order valence-electron chi connectivity index (χ0n) is 18.9. The third-order valence-corrected chi connectivity index (χ3v) is 5.74. The third kappa shape index (κ3) is 4.27. The van der Waals surface area contributed by atoms with Crippen molar-refractivity contribution in [1.29, 1.82) is 0 Å². The first-order valence-electron chi connectivity index (χ1n) is 10.7. The summed E-state index contributed by atoms with van der Waals surface area (Å²) in [6.07, 6.45) is 0. The highest BCUT2D eigenvalue weighted by Crippen LogP contribution is 2.19. The highest BCUT2D eigenvalue weighted by molar-refractivity contribution is 5.74. The predicted octanol–water partition coefficient (Wildman–Crippen LogP) is 4.29. The maximum Gasteiger partial charge on any atom is 0.315 e. The molecule has 0 bridgehead atoms. The van der Waals surface area contributed by atoms with E-state index in [9.17, 15) is 4.79 Å². The Kier molecular flexibility index (Phi) is 6.07. The number of nitrogens with one attached hydrogen (secondary N) is 2. The summed E-state index contributed by atoms with van der Waals surface area (Å²) in [6, 6.07) is 19.8. The molecule has 0 radical (unpaired) electrons. The van der Waals surface area contributed by atoms with Crippen LogP contribution < -0.4 is 10.6 Å². The summed E-state index contributed by atoms with van der Waals surface area (Å²) in [5.74, 6) is 0. The number of para-hydroxylation sites is 2. The number of aromatic nitrogens is 4. The molecule has 7 nitrogen and oxygen atoms in total. The SMILES string of the molecule is Cc1nn(-c2ccccc2)c(C)c1CNC(=O)NCc1c(C)nn(-c2ccccc2)c1C. The van der Waals surface area contributed by atoms with Crippen LogP contribution in [0.4, 0.5) is 4.79 Å². The van der Waals surface area contributed by atoms with Crippen LogP contribution in [0.5, 0.6) is 0 Å². The molecule has 7 heteroatoms. The van der Waals surface area contributed by atoms with Crippen LogP contribution in [0.3, 0.4) is 0 Å². The Hall–Kier alpha value is -3.87. The monoisotopic (exact) mass is 428 g/mol. The minimum absolute atomic E-state index is 0.220. The number of benzene rings is 2. The molecule has 0 unspecified atom stereocenters. The summed E-state index contributed by atoms with van der Waals surface area (Å²) in [5, 5.41) is 15.2. The molecule has 2 amide bonds. The van der Waals surface area contributed by atoms with Gasteiger partial charge in [-0.25, -0.2) is 14.2 Å². The first-order chi connectivity index (χ1) is 15.5. The first-order valence-corrected chi connectivity index (χ1v) is 10.7. The van der Waals surface area contributed by atoms with Gasteiger partial charge in [0.2, 0.25) is 0 Å². The molecule has 0 spiro atoms. The lowest BCUT2D eigenvalue weighted by molar-refractivity contribution is 0.240. The normalized spacial score (nSPS) is 10.9. The van der Waals surface area contributed by atoms with Gasteiger partial charge in [0.25, 0.3) is 0 Å². The molecule has 164 valence electrons. The quantitative estimate of drug-likeness (QED) is 0.481. The highest BCUT2D eigenvalue weighted by Gasteiger charge is 2.15. The molecule has 2 aromatic carbocycles. The minimum Gasteiger partial charge on any atom is -0.334 e. The fraction of sp³-hybridized carbons (Fsp3) is 0.240. The van der Waals surface area contributed by atoms with Gasteiger partial charge in [0, 0.05) is 35.6 Å². The summed E-state index contributed by atoms with van der Waals surface area (Å²) in [6.45, 7) is 8.80. The minimum atomic E-state index is -0.220. The lowest BCUT2D eigenvalue weighted by Gasteiger charge is -2.09. The number of carbonyl (C=O) groups is 1. The van der Waals surface area contributed by atoms with E-state index in [-0.39, 0.29) is 6.03 Å². The van der Waals surface area contributed by atoms with Gasteiger partial charge in [-0.3, -0.25) is 0 Å². The molecule has 0 aliphatic carbocycles. The molecule has 4 aromatic rings. The summed E-state index contributed by atoms with van der Waals surface area (Å²) >= 11 is 0. The molecule has 4 rings (SSSR count). The maximum atomic E-state index is 12.5.